The van der Waals surface area contributed by atoms with Crippen LogP contribution in [0.3, 0.4) is 0 Å². The molecule has 0 fully saturated rings. The Morgan fingerprint density at radius 3 is 2.78 bits per heavy atom. The fraction of sp³-hybridized carbons (Fsp3) is 0.280. The van der Waals surface area contributed by atoms with Crippen LogP contribution >= 0.6 is 0 Å². The highest BCUT2D eigenvalue weighted by molar-refractivity contribution is 6.29. The summed E-state index contributed by atoms with van der Waals surface area (Å²) in [5, 5.41) is 11.7. The van der Waals surface area contributed by atoms with Crippen LogP contribution in [0.15, 0.2) is 61.6 Å². The molecule has 0 atom stereocenters. The van der Waals surface area contributed by atoms with Crippen molar-refractivity contribution in [1.82, 2.24) is 19.9 Å². The number of aromatic nitrogens is 3. The van der Waals surface area contributed by atoms with E-state index in [4.69, 9.17) is 10.1 Å². The average molecular weight is 429 g/mol. The van der Waals surface area contributed by atoms with E-state index in [2.05, 4.69) is 49.9 Å². The Morgan fingerprint density at radius 1 is 1.16 bits per heavy atom. The maximum Gasteiger partial charge on any atom is 0.227 e. The van der Waals surface area contributed by atoms with E-state index in [-0.39, 0.29) is 0 Å². The highest BCUT2D eigenvalue weighted by atomic mass is 16.5. The molecule has 2 N–H and O–H groups in total. The molecule has 0 spiro atoms. The van der Waals surface area contributed by atoms with Gasteiger partial charge >= 0.3 is 0 Å². The van der Waals surface area contributed by atoms with E-state index in [1.165, 1.54) is 11.1 Å². The molecule has 0 unspecified atom stereocenters. The maximum atomic E-state index is 8.42. The Hall–Kier alpha value is -3.42. The van der Waals surface area contributed by atoms with E-state index in [1.54, 1.807) is 37.8 Å². The minimum atomic E-state index is 0.297. The van der Waals surface area contributed by atoms with Crippen molar-refractivity contribution in [3.63, 3.8) is 0 Å². The van der Waals surface area contributed by atoms with Crippen LogP contribution in [0.5, 0.6) is 0 Å². The van der Waals surface area contributed by atoms with E-state index in [1.807, 2.05) is 6.07 Å². The summed E-state index contributed by atoms with van der Waals surface area (Å²) in [4.78, 5) is 15.5. The summed E-state index contributed by atoms with van der Waals surface area (Å²) in [5.74, 6) is 0.484. The van der Waals surface area contributed by atoms with E-state index in [0.29, 0.717) is 28.5 Å². The molecule has 1 aliphatic heterocycles. The van der Waals surface area contributed by atoms with Crippen LogP contribution in [0.2, 0.25) is 0 Å². The van der Waals surface area contributed by atoms with Gasteiger partial charge < -0.3 is 15.0 Å². The largest absolute Gasteiger partial charge is 0.383 e. The van der Waals surface area contributed by atoms with Crippen molar-refractivity contribution >= 4 is 22.9 Å². The van der Waals surface area contributed by atoms with Gasteiger partial charge in [0.2, 0.25) is 5.95 Å². The highest BCUT2D eigenvalue weighted by Gasteiger charge is 2.15. The lowest BCUT2D eigenvalue weighted by molar-refractivity contribution is 0.150. The molecule has 0 saturated heterocycles. The minimum absolute atomic E-state index is 0.297. The summed E-state index contributed by atoms with van der Waals surface area (Å²) >= 11 is 0. The molecule has 7 heteroatoms. The molecule has 32 heavy (non-hydrogen) atoms. The summed E-state index contributed by atoms with van der Waals surface area (Å²) in [6, 6.07) is 11.9. The molecule has 164 valence electrons. The molecule has 0 bridgehead atoms. The number of ether oxygens (including phenoxy) is 1. The van der Waals surface area contributed by atoms with Gasteiger partial charge in [0.25, 0.3) is 0 Å². The Labute approximate surface area is 188 Å². The quantitative estimate of drug-likeness (QED) is 0.532. The van der Waals surface area contributed by atoms with Crippen LogP contribution in [0.1, 0.15) is 22.4 Å². The zero-order valence-corrected chi connectivity index (χ0v) is 18.3. The standard InChI is InChI=1S/C25H28N6O/c1-18(24(26)21-4-3-10-27-17-21)23-7-11-28-25(30-23)29-22-6-5-19-8-12-31(14-15-32-2)13-9-20(19)16-22/h3-7,10-11,16-17,26H,1,8-9,12-15H2,2H3,(H,28,29,30). The first-order valence-corrected chi connectivity index (χ1v) is 10.8. The predicted octanol–water partition coefficient (Wildman–Crippen LogP) is 3.74. The molecule has 4 rings (SSSR count). The molecule has 7 nitrogen and oxygen atoms in total. The summed E-state index contributed by atoms with van der Waals surface area (Å²) in [6.45, 7) is 7.88. The minimum Gasteiger partial charge on any atom is -0.383 e. The van der Waals surface area contributed by atoms with Gasteiger partial charge in [-0.15, -0.1) is 0 Å². The van der Waals surface area contributed by atoms with Gasteiger partial charge in [-0.1, -0.05) is 12.6 Å². The van der Waals surface area contributed by atoms with Crippen molar-refractivity contribution < 1.29 is 4.74 Å². The summed E-state index contributed by atoms with van der Waals surface area (Å²) < 4.78 is 5.23. The maximum absolute atomic E-state index is 8.42. The number of allylic oxidation sites excluding steroid dienone is 1. The number of methoxy groups -OCH3 is 1. The van der Waals surface area contributed by atoms with Crippen molar-refractivity contribution in [1.29, 1.82) is 5.41 Å². The fourth-order valence-corrected chi connectivity index (χ4v) is 3.82. The van der Waals surface area contributed by atoms with Gasteiger partial charge in [0, 0.05) is 62.2 Å². The molecule has 1 aliphatic rings. The third-order valence-corrected chi connectivity index (χ3v) is 5.69. The Morgan fingerprint density at radius 2 is 2.00 bits per heavy atom. The van der Waals surface area contributed by atoms with Gasteiger partial charge in [-0.3, -0.25) is 10.4 Å². The van der Waals surface area contributed by atoms with Crippen LogP contribution in [-0.2, 0) is 17.6 Å². The molecule has 1 aromatic carbocycles. The van der Waals surface area contributed by atoms with Gasteiger partial charge in [0.15, 0.2) is 0 Å². The van der Waals surface area contributed by atoms with Crippen LogP contribution in [0.4, 0.5) is 11.6 Å². The van der Waals surface area contributed by atoms with E-state index in [9.17, 15) is 0 Å². The lowest BCUT2D eigenvalue weighted by Crippen LogP contribution is -2.29. The molecular weight excluding hydrogens is 400 g/mol. The second kappa shape index (κ2) is 10.3. The zero-order valence-electron chi connectivity index (χ0n) is 18.3. The van der Waals surface area contributed by atoms with E-state index < -0.39 is 0 Å². The smallest absolute Gasteiger partial charge is 0.227 e. The number of hydrogen-bond acceptors (Lipinski definition) is 7. The molecule has 3 heterocycles. The lowest BCUT2D eigenvalue weighted by atomic mass is 10.0. The van der Waals surface area contributed by atoms with Crippen molar-refractivity contribution in [3.8, 4) is 0 Å². The monoisotopic (exact) mass is 428 g/mol. The third-order valence-electron chi connectivity index (χ3n) is 5.69. The summed E-state index contributed by atoms with van der Waals surface area (Å²) in [7, 11) is 1.75. The lowest BCUT2D eigenvalue weighted by Gasteiger charge is -2.18. The van der Waals surface area contributed by atoms with E-state index >= 15 is 0 Å². The number of pyridine rings is 1. The normalized spacial score (nSPS) is 13.8. The summed E-state index contributed by atoms with van der Waals surface area (Å²) in [5.41, 5.74) is 5.85. The Kier molecular flexibility index (Phi) is 6.99. The van der Waals surface area contributed by atoms with Crippen molar-refractivity contribution in [2.45, 2.75) is 12.8 Å². The van der Waals surface area contributed by atoms with Gasteiger partial charge in [-0.05, 0) is 54.3 Å². The first-order valence-electron chi connectivity index (χ1n) is 10.8. The molecule has 0 radical (unpaired) electrons. The Bertz CT molecular complexity index is 1100. The molecule has 3 aromatic rings. The first-order chi connectivity index (χ1) is 15.6. The zero-order chi connectivity index (χ0) is 22.3. The number of anilines is 2. The number of hydrogen-bond donors (Lipinski definition) is 2. The number of rotatable bonds is 8. The van der Waals surface area contributed by atoms with Crippen molar-refractivity contribution in [2.75, 3.05) is 38.7 Å². The fourth-order valence-electron chi connectivity index (χ4n) is 3.82. The summed E-state index contributed by atoms with van der Waals surface area (Å²) in [6.07, 6.45) is 7.07. The van der Waals surface area contributed by atoms with Crippen LogP contribution in [0, 0.1) is 5.41 Å². The topological polar surface area (TPSA) is 87.0 Å². The van der Waals surface area contributed by atoms with E-state index in [0.717, 1.165) is 44.8 Å². The second-order valence-electron chi connectivity index (χ2n) is 7.80. The third kappa shape index (κ3) is 5.25. The molecular formula is C25H28N6O. The molecule has 0 aliphatic carbocycles. The van der Waals surface area contributed by atoms with Gasteiger partial charge in [-0.2, -0.15) is 0 Å². The second-order valence-corrected chi connectivity index (χ2v) is 7.80. The number of benzene rings is 1. The molecule has 0 saturated carbocycles. The molecule has 0 amide bonds. The average Bonchev–Trinajstić information content (AvgIpc) is 3.04. The van der Waals surface area contributed by atoms with Gasteiger partial charge in [0.05, 0.1) is 18.0 Å². The SMILES string of the molecule is C=C(C(=N)c1cccnc1)c1ccnc(Nc2ccc3c(c2)CCN(CCOC)CC3)n1. The highest BCUT2D eigenvalue weighted by Crippen LogP contribution is 2.23. The van der Waals surface area contributed by atoms with Crippen LogP contribution < -0.4 is 5.32 Å². The number of fused-ring (bicyclic) bond motifs is 1. The number of nitrogens with zero attached hydrogens (tertiary/aromatic N) is 4. The van der Waals surface area contributed by atoms with Crippen molar-refractivity contribution in [2.24, 2.45) is 0 Å². The van der Waals surface area contributed by atoms with Crippen molar-refractivity contribution in [3.05, 3.63) is 84.0 Å². The first kappa shape index (κ1) is 21.8. The van der Waals surface area contributed by atoms with Gasteiger partial charge in [-0.25, -0.2) is 9.97 Å². The van der Waals surface area contributed by atoms with Crippen LogP contribution in [0.25, 0.3) is 5.57 Å². The Balaban J connectivity index is 1.46. The molecule has 2 aromatic heterocycles. The van der Waals surface area contributed by atoms with Gasteiger partial charge in [0.1, 0.15) is 0 Å². The van der Waals surface area contributed by atoms with Crippen LogP contribution in [-0.4, -0.2) is 58.9 Å². The predicted molar refractivity (Wildman–Crippen MR) is 128 cm³/mol. The number of nitrogens with one attached hydrogen (secondary N) is 2.